The normalized spacial score (nSPS) is 14.2. The fourth-order valence-corrected chi connectivity index (χ4v) is 1.82. The second-order valence-corrected chi connectivity index (χ2v) is 4.31. The minimum absolute atomic E-state index is 0.542. The van der Waals surface area contributed by atoms with Gasteiger partial charge in [-0.3, -0.25) is 4.99 Å². The summed E-state index contributed by atoms with van der Waals surface area (Å²) in [6, 6.07) is 0. The maximum absolute atomic E-state index is 4.25. The largest absolute Gasteiger partial charge is 0.286 e. The van der Waals surface area contributed by atoms with E-state index in [1.807, 2.05) is 7.05 Å². The third-order valence-electron chi connectivity index (χ3n) is 1.47. The van der Waals surface area contributed by atoms with E-state index in [9.17, 15) is 0 Å². The van der Waals surface area contributed by atoms with Crippen molar-refractivity contribution >= 4 is 16.8 Å². The predicted molar refractivity (Wildman–Crippen MR) is 59.8 cm³/mol. The van der Waals surface area contributed by atoms with Gasteiger partial charge in [0.15, 0.2) is 0 Å². The first-order valence-electron chi connectivity index (χ1n) is 4.43. The topological polar surface area (TPSA) is 12.4 Å². The molecular weight excluding hydrogens is 166 g/mol. The van der Waals surface area contributed by atoms with Gasteiger partial charge in [-0.1, -0.05) is 38.6 Å². The van der Waals surface area contributed by atoms with Crippen molar-refractivity contribution in [2.24, 2.45) is 10.9 Å². The van der Waals surface area contributed by atoms with E-state index in [0.29, 0.717) is 5.92 Å². The molecule has 0 radical (unpaired) electrons. The van der Waals surface area contributed by atoms with E-state index in [-0.39, 0.29) is 0 Å². The molecule has 0 aliphatic carbocycles. The van der Waals surface area contributed by atoms with Crippen LogP contribution in [0.2, 0.25) is 0 Å². The van der Waals surface area contributed by atoms with E-state index in [1.54, 1.807) is 11.8 Å². The highest BCUT2D eigenvalue weighted by Crippen LogP contribution is 2.21. The highest BCUT2D eigenvalue weighted by Gasteiger charge is 2.04. The molecule has 0 saturated heterocycles. The van der Waals surface area contributed by atoms with Gasteiger partial charge in [0.25, 0.3) is 0 Å². The minimum Gasteiger partial charge on any atom is -0.286 e. The molecule has 0 atom stereocenters. The lowest BCUT2D eigenvalue weighted by molar-refractivity contribution is 0.898. The first-order chi connectivity index (χ1) is 5.61. The Balaban J connectivity index is 4.14. The Hall–Kier alpha value is -0.240. The summed E-state index contributed by atoms with van der Waals surface area (Å²) in [4.78, 5) is 5.60. The van der Waals surface area contributed by atoms with Gasteiger partial charge in [-0.15, -0.1) is 0 Å². The van der Waals surface area contributed by atoms with E-state index in [2.05, 4.69) is 38.8 Å². The minimum atomic E-state index is 0.542. The van der Waals surface area contributed by atoms with Crippen LogP contribution in [0.15, 0.2) is 16.0 Å². The molecule has 0 unspecified atom stereocenters. The molecule has 0 aromatic carbocycles. The quantitative estimate of drug-likeness (QED) is 0.482. The van der Waals surface area contributed by atoms with Crippen molar-refractivity contribution in [2.75, 3.05) is 7.05 Å². The summed E-state index contributed by atoms with van der Waals surface area (Å²) in [5.74, 6) is 0.542. The summed E-state index contributed by atoms with van der Waals surface area (Å²) in [7, 11) is 1.86. The SMILES string of the molecule is CC/C=C(/C)S/C(=N\C)C(C)C. The lowest BCUT2D eigenvalue weighted by Crippen LogP contribution is -2.01. The van der Waals surface area contributed by atoms with Gasteiger partial charge in [0, 0.05) is 13.0 Å². The fourth-order valence-electron chi connectivity index (χ4n) is 0.916. The Bertz CT molecular complexity index is 180. The van der Waals surface area contributed by atoms with Crippen LogP contribution in [0.4, 0.5) is 0 Å². The predicted octanol–water partition coefficient (Wildman–Crippen LogP) is 3.72. The zero-order valence-corrected chi connectivity index (χ0v) is 9.53. The molecule has 0 rings (SSSR count). The van der Waals surface area contributed by atoms with Crippen molar-refractivity contribution in [3.8, 4) is 0 Å². The Morgan fingerprint density at radius 2 is 2.08 bits per heavy atom. The number of aliphatic imine (C=N–C) groups is 1. The van der Waals surface area contributed by atoms with Crippen LogP contribution in [0.3, 0.4) is 0 Å². The Labute approximate surface area is 80.4 Å². The molecule has 0 N–H and O–H groups in total. The van der Waals surface area contributed by atoms with E-state index >= 15 is 0 Å². The summed E-state index contributed by atoms with van der Waals surface area (Å²) < 4.78 is 0. The van der Waals surface area contributed by atoms with Gasteiger partial charge < -0.3 is 0 Å². The average Bonchev–Trinajstić information content (AvgIpc) is 2.00. The highest BCUT2D eigenvalue weighted by atomic mass is 32.2. The van der Waals surface area contributed by atoms with Crippen LogP contribution in [0.1, 0.15) is 34.1 Å². The molecule has 70 valence electrons. The lowest BCUT2D eigenvalue weighted by Gasteiger charge is -2.08. The summed E-state index contributed by atoms with van der Waals surface area (Å²) in [5.41, 5.74) is 0. The van der Waals surface area contributed by atoms with E-state index in [4.69, 9.17) is 0 Å². The van der Waals surface area contributed by atoms with Gasteiger partial charge >= 0.3 is 0 Å². The third kappa shape index (κ3) is 4.60. The van der Waals surface area contributed by atoms with E-state index in [1.165, 1.54) is 9.95 Å². The van der Waals surface area contributed by atoms with Crippen molar-refractivity contribution < 1.29 is 0 Å². The Morgan fingerprint density at radius 1 is 1.50 bits per heavy atom. The molecule has 12 heavy (non-hydrogen) atoms. The number of hydrogen-bond donors (Lipinski definition) is 0. The molecule has 0 aliphatic heterocycles. The third-order valence-corrected chi connectivity index (χ3v) is 2.82. The average molecular weight is 185 g/mol. The van der Waals surface area contributed by atoms with Crippen LogP contribution in [0.25, 0.3) is 0 Å². The van der Waals surface area contributed by atoms with Gasteiger partial charge in [0.05, 0.1) is 5.04 Å². The molecule has 2 heteroatoms. The molecule has 0 saturated carbocycles. The summed E-state index contributed by atoms with van der Waals surface area (Å²) in [5, 5.41) is 1.22. The monoisotopic (exact) mass is 185 g/mol. The van der Waals surface area contributed by atoms with Gasteiger partial charge in [0.1, 0.15) is 0 Å². The smallest absolute Gasteiger partial charge is 0.0742 e. The molecule has 0 aromatic heterocycles. The molecular formula is C10H19NS. The summed E-state index contributed by atoms with van der Waals surface area (Å²) in [6.45, 7) is 8.65. The number of hydrogen-bond acceptors (Lipinski definition) is 2. The first-order valence-corrected chi connectivity index (χ1v) is 5.24. The standard InChI is InChI=1S/C10H19NS/c1-6-7-9(4)12-10(11-5)8(2)3/h7-8H,6H2,1-5H3/b9-7-,11-10-. The summed E-state index contributed by atoms with van der Waals surface area (Å²) >= 11 is 1.79. The number of nitrogens with zero attached hydrogens (tertiary/aromatic N) is 1. The van der Waals surface area contributed by atoms with Crippen molar-refractivity contribution in [3.05, 3.63) is 11.0 Å². The zero-order valence-electron chi connectivity index (χ0n) is 8.72. The van der Waals surface area contributed by atoms with Gasteiger partial charge in [-0.25, -0.2) is 0 Å². The van der Waals surface area contributed by atoms with Crippen LogP contribution in [-0.4, -0.2) is 12.1 Å². The second kappa shape index (κ2) is 6.30. The van der Waals surface area contributed by atoms with Crippen LogP contribution in [-0.2, 0) is 0 Å². The van der Waals surface area contributed by atoms with Crippen molar-refractivity contribution in [2.45, 2.75) is 34.1 Å². The van der Waals surface area contributed by atoms with E-state index in [0.717, 1.165) is 6.42 Å². The zero-order chi connectivity index (χ0) is 9.56. The molecule has 0 aliphatic rings. The molecule has 0 aromatic rings. The first kappa shape index (κ1) is 11.8. The number of rotatable bonds is 3. The summed E-state index contributed by atoms with van der Waals surface area (Å²) in [6.07, 6.45) is 3.34. The van der Waals surface area contributed by atoms with E-state index < -0.39 is 0 Å². The fraction of sp³-hybridized carbons (Fsp3) is 0.700. The second-order valence-electron chi connectivity index (χ2n) is 3.04. The molecule has 0 fully saturated rings. The van der Waals surface area contributed by atoms with Crippen LogP contribution in [0.5, 0.6) is 0 Å². The molecule has 0 bridgehead atoms. The van der Waals surface area contributed by atoms with Gasteiger partial charge in [-0.05, 0) is 18.2 Å². The van der Waals surface area contributed by atoms with Crippen LogP contribution < -0.4 is 0 Å². The maximum Gasteiger partial charge on any atom is 0.0742 e. The van der Waals surface area contributed by atoms with Crippen LogP contribution >= 0.6 is 11.8 Å². The number of allylic oxidation sites excluding steroid dienone is 2. The van der Waals surface area contributed by atoms with Crippen LogP contribution in [0, 0.1) is 5.92 Å². The lowest BCUT2D eigenvalue weighted by atomic mass is 10.2. The Kier molecular flexibility index (Phi) is 6.17. The van der Waals surface area contributed by atoms with Gasteiger partial charge in [-0.2, -0.15) is 0 Å². The number of thioether (sulfide) groups is 1. The Morgan fingerprint density at radius 3 is 2.42 bits per heavy atom. The molecule has 1 nitrogen and oxygen atoms in total. The van der Waals surface area contributed by atoms with Crippen molar-refractivity contribution in [1.29, 1.82) is 0 Å². The molecule has 0 amide bonds. The highest BCUT2D eigenvalue weighted by molar-refractivity contribution is 8.17. The molecule has 0 heterocycles. The van der Waals surface area contributed by atoms with Crippen molar-refractivity contribution in [3.63, 3.8) is 0 Å². The molecule has 0 spiro atoms. The van der Waals surface area contributed by atoms with Crippen molar-refractivity contribution in [1.82, 2.24) is 0 Å². The maximum atomic E-state index is 4.25. The van der Waals surface area contributed by atoms with Gasteiger partial charge in [0.2, 0.25) is 0 Å².